The van der Waals surface area contributed by atoms with Crippen LogP contribution in [0.1, 0.15) is 12.0 Å². The minimum atomic E-state index is 0. The first-order valence-electron chi connectivity index (χ1n) is 4.83. The molecule has 0 radical (unpaired) electrons. The lowest BCUT2D eigenvalue weighted by atomic mass is 9.81. The Morgan fingerprint density at radius 2 is 1.93 bits per heavy atom. The van der Waals surface area contributed by atoms with Crippen LogP contribution in [-0.4, -0.2) is 6.16 Å². The van der Waals surface area contributed by atoms with Crippen LogP contribution >= 0.6 is 21.6 Å². The zero-order valence-corrected chi connectivity index (χ0v) is 10.1. The van der Waals surface area contributed by atoms with E-state index < -0.39 is 0 Å². The lowest BCUT2D eigenvalue weighted by Crippen LogP contribution is -2.16. The van der Waals surface area contributed by atoms with Crippen LogP contribution in [0.5, 0.6) is 0 Å². The Morgan fingerprint density at radius 1 is 1.21 bits per heavy atom. The van der Waals surface area contributed by atoms with E-state index in [1.807, 2.05) is 0 Å². The highest BCUT2D eigenvalue weighted by Crippen LogP contribution is 2.31. The van der Waals surface area contributed by atoms with Gasteiger partial charge in [-0.1, -0.05) is 42.0 Å². The molecule has 0 spiro atoms. The van der Waals surface area contributed by atoms with Gasteiger partial charge >= 0.3 is 0 Å². The normalized spacial score (nSPS) is 19.2. The summed E-state index contributed by atoms with van der Waals surface area (Å²) in [5, 5.41) is 0. The van der Waals surface area contributed by atoms with Gasteiger partial charge in [0.1, 0.15) is 0 Å². The first kappa shape index (κ1) is 11.8. The molecule has 2 atom stereocenters. The SMILES string of the molecule is Cl.PCC1=CCC1Cc1ccccc1. The summed E-state index contributed by atoms with van der Waals surface area (Å²) in [6.45, 7) is 0. The van der Waals surface area contributed by atoms with Crippen LogP contribution in [-0.2, 0) is 6.42 Å². The van der Waals surface area contributed by atoms with E-state index in [-0.39, 0.29) is 12.4 Å². The highest BCUT2D eigenvalue weighted by molar-refractivity contribution is 7.16. The lowest BCUT2D eigenvalue weighted by Gasteiger charge is -2.26. The molecule has 76 valence electrons. The molecule has 2 rings (SSSR count). The highest BCUT2D eigenvalue weighted by Gasteiger charge is 2.19. The Bertz CT molecular complexity index is 305. The number of hydrogen-bond donors (Lipinski definition) is 0. The highest BCUT2D eigenvalue weighted by atomic mass is 35.5. The van der Waals surface area contributed by atoms with Crippen molar-refractivity contribution in [3.63, 3.8) is 0 Å². The minimum Gasteiger partial charge on any atom is -0.147 e. The van der Waals surface area contributed by atoms with Crippen LogP contribution in [0.2, 0.25) is 0 Å². The van der Waals surface area contributed by atoms with E-state index in [2.05, 4.69) is 45.6 Å². The van der Waals surface area contributed by atoms with E-state index in [0.717, 1.165) is 12.1 Å². The van der Waals surface area contributed by atoms with Crippen molar-refractivity contribution in [2.75, 3.05) is 6.16 Å². The van der Waals surface area contributed by atoms with Crippen molar-refractivity contribution in [1.29, 1.82) is 0 Å². The molecule has 14 heavy (non-hydrogen) atoms. The van der Waals surface area contributed by atoms with Crippen molar-refractivity contribution in [3.05, 3.63) is 47.5 Å². The summed E-state index contributed by atoms with van der Waals surface area (Å²) >= 11 is 0. The number of halogens is 1. The summed E-state index contributed by atoms with van der Waals surface area (Å²) in [6.07, 6.45) is 6.01. The summed E-state index contributed by atoms with van der Waals surface area (Å²) in [4.78, 5) is 0. The van der Waals surface area contributed by atoms with Gasteiger partial charge in [-0.2, -0.15) is 0 Å². The first-order chi connectivity index (χ1) is 6.40. The number of benzene rings is 1. The summed E-state index contributed by atoms with van der Waals surface area (Å²) in [5.41, 5.74) is 3.09. The van der Waals surface area contributed by atoms with Crippen LogP contribution in [0.3, 0.4) is 0 Å². The third-order valence-corrected chi connectivity index (χ3v) is 3.22. The second-order valence-electron chi connectivity index (χ2n) is 3.61. The third-order valence-electron chi connectivity index (χ3n) is 2.75. The summed E-state index contributed by atoms with van der Waals surface area (Å²) in [6, 6.07) is 10.8. The van der Waals surface area contributed by atoms with Crippen LogP contribution in [0.15, 0.2) is 42.0 Å². The Labute approximate surface area is 94.4 Å². The molecule has 0 N–H and O–H groups in total. The average molecular weight is 227 g/mol. The van der Waals surface area contributed by atoms with Gasteiger partial charge in [0.25, 0.3) is 0 Å². The summed E-state index contributed by atoms with van der Waals surface area (Å²) in [7, 11) is 2.81. The Morgan fingerprint density at radius 3 is 2.43 bits per heavy atom. The van der Waals surface area contributed by atoms with Gasteiger partial charge < -0.3 is 0 Å². The molecule has 1 aromatic carbocycles. The monoisotopic (exact) mass is 226 g/mol. The second kappa shape index (κ2) is 5.53. The van der Waals surface area contributed by atoms with E-state index in [1.54, 1.807) is 5.57 Å². The molecule has 0 aromatic heterocycles. The van der Waals surface area contributed by atoms with Crippen LogP contribution in [0, 0.1) is 5.92 Å². The Balaban J connectivity index is 0.000000980. The van der Waals surface area contributed by atoms with Crippen molar-refractivity contribution >= 4 is 21.6 Å². The quantitative estimate of drug-likeness (QED) is 0.547. The van der Waals surface area contributed by atoms with Crippen molar-refractivity contribution in [2.24, 2.45) is 5.92 Å². The summed E-state index contributed by atoms with van der Waals surface area (Å²) < 4.78 is 0. The fourth-order valence-corrected chi connectivity index (χ4v) is 2.31. The first-order valence-corrected chi connectivity index (χ1v) is 5.64. The standard InChI is InChI=1S/C12H15P.ClH/c13-9-12-7-6-11(12)8-10-4-2-1-3-5-10;/h1-5,7,11H,6,8-9,13H2;1H. The fraction of sp³-hybridized carbons (Fsp3) is 0.333. The van der Waals surface area contributed by atoms with E-state index in [0.29, 0.717) is 0 Å². The molecule has 0 bridgehead atoms. The molecule has 0 fully saturated rings. The molecule has 1 aromatic rings. The molecule has 2 unspecified atom stereocenters. The third kappa shape index (κ3) is 2.59. The smallest absolute Gasteiger partial charge is 0.0125 e. The fourth-order valence-electron chi connectivity index (χ4n) is 1.81. The number of allylic oxidation sites excluding steroid dienone is 2. The topological polar surface area (TPSA) is 0 Å². The van der Waals surface area contributed by atoms with Crippen LogP contribution in [0.4, 0.5) is 0 Å². The second-order valence-corrected chi connectivity index (χ2v) is 4.01. The van der Waals surface area contributed by atoms with Gasteiger partial charge in [-0.3, -0.25) is 0 Å². The largest absolute Gasteiger partial charge is 0.147 e. The molecule has 0 aliphatic heterocycles. The summed E-state index contributed by atoms with van der Waals surface area (Å²) in [5.74, 6) is 0.819. The maximum Gasteiger partial charge on any atom is -0.0125 e. The number of rotatable bonds is 3. The van der Waals surface area contributed by atoms with Crippen molar-refractivity contribution in [1.82, 2.24) is 0 Å². The molecule has 1 aliphatic carbocycles. The molecular formula is C12H16ClP. The predicted octanol–water partition coefficient (Wildman–Crippen LogP) is 3.47. The maximum atomic E-state index is 2.81. The maximum absolute atomic E-state index is 2.81. The minimum absolute atomic E-state index is 0. The molecule has 0 amide bonds. The predicted molar refractivity (Wildman–Crippen MR) is 68.2 cm³/mol. The molecular weight excluding hydrogens is 211 g/mol. The van der Waals surface area contributed by atoms with Gasteiger partial charge in [0, 0.05) is 0 Å². The lowest BCUT2D eigenvalue weighted by molar-refractivity contribution is 0.563. The molecule has 1 aliphatic rings. The van der Waals surface area contributed by atoms with E-state index >= 15 is 0 Å². The molecule has 0 nitrogen and oxygen atoms in total. The van der Waals surface area contributed by atoms with Crippen molar-refractivity contribution < 1.29 is 0 Å². The van der Waals surface area contributed by atoms with Crippen molar-refractivity contribution in [2.45, 2.75) is 12.8 Å². The van der Waals surface area contributed by atoms with Crippen molar-refractivity contribution in [3.8, 4) is 0 Å². The number of hydrogen-bond acceptors (Lipinski definition) is 0. The van der Waals surface area contributed by atoms with Crippen LogP contribution in [0.25, 0.3) is 0 Å². The van der Waals surface area contributed by atoms with Gasteiger partial charge in [0.05, 0.1) is 0 Å². The zero-order chi connectivity index (χ0) is 9.10. The molecule has 0 saturated carbocycles. The molecule has 0 saturated heterocycles. The van der Waals surface area contributed by atoms with E-state index in [9.17, 15) is 0 Å². The van der Waals surface area contributed by atoms with Gasteiger partial charge in [0.2, 0.25) is 0 Å². The van der Waals surface area contributed by atoms with E-state index in [4.69, 9.17) is 0 Å². The average Bonchev–Trinajstić information content (AvgIpc) is 2.15. The van der Waals surface area contributed by atoms with Gasteiger partial charge in [0.15, 0.2) is 0 Å². The van der Waals surface area contributed by atoms with Gasteiger partial charge in [-0.05, 0) is 30.5 Å². The van der Waals surface area contributed by atoms with Crippen LogP contribution < -0.4 is 0 Å². The zero-order valence-electron chi connectivity index (χ0n) is 8.15. The molecule has 0 heterocycles. The van der Waals surface area contributed by atoms with Gasteiger partial charge in [-0.15, -0.1) is 21.6 Å². The Hall–Kier alpha value is -0.320. The Kier molecular flexibility index (Phi) is 4.65. The van der Waals surface area contributed by atoms with Gasteiger partial charge in [-0.25, -0.2) is 0 Å². The van der Waals surface area contributed by atoms with E-state index in [1.165, 1.54) is 18.4 Å². The molecule has 2 heteroatoms.